The molecule has 458 valence electrons. The van der Waals surface area contributed by atoms with Crippen LogP contribution in [0.25, 0.3) is 10.8 Å². The monoisotopic (exact) mass is 1170 g/mol. The molecule has 1 saturated heterocycles. The number of aliphatic imine (C=N–C) groups is 2. The number of rotatable bonds is 35. The third-order valence-electron chi connectivity index (χ3n) is 13.8. The average molecular weight is 1170 g/mol. The molecule has 21 N–H and O–H groups in total. The summed E-state index contributed by atoms with van der Waals surface area (Å²) >= 11 is 0. The first-order chi connectivity index (χ1) is 39.9. The maximum Gasteiger partial charge on any atom is 0.245 e. The normalized spacial score (nSPS) is 15.3. The van der Waals surface area contributed by atoms with Crippen molar-refractivity contribution in [2.24, 2.45) is 56.0 Å². The number of primary amides is 2. The van der Waals surface area contributed by atoms with Crippen molar-refractivity contribution < 1.29 is 47.9 Å². The van der Waals surface area contributed by atoms with E-state index in [-0.39, 0.29) is 95.3 Å². The zero-order valence-electron chi connectivity index (χ0n) is 48.1. The van der Waals surface area contributed by atoms with Gasteiger partial charge < -0.3 is 82.3 Å². The van der Waals surface area contributed by atoms with Crippen molar-refractivity contribution in [3.05, 3.63) is 83.9 Å². The van der Waals surface area contributed by atoms with Crippen molar-refractivity contribution in [2.75, 3.05) is 26.2 Å². The summed E-state index contributed by atoms with van der Waals surface area (Å²) in [5.41, 5.74) is 39.9. The van der Waals surface area contributed by atoms with Gasteiger partial charge in [-0.05, 0) is 98.6 Å². The maximum absolute atomic E-state index is 14.8. The Morgan fingerprint density at radius 3 is 1.61 bits per heavy atom. The summed E-state index contributed by atoms with van der Waals surface area (Å²) in [6.45, 7) is 5.51. The van der Waals surface area contributed by atoms with Crippen molar-refractivity contribution in [1.29, 1.82) is 0 Å². The van der Waals surface area contributed by atoms with Crippen LogP contribution < -0.4 is 77.4 Å². The van der Waals surface area contributed by atoms with E-state index in [0.717, 1.165) is 10.8 Å². The van der Waals surface area contributed by atoms with Crippen LogP contribution in [0.3, 0.4) is 0 Å². The SMILES string of the molecule is CC(=O)N[C@@H](CCCCN)C(=O)N[C@@H](Cc1ccc2ccccc2c1)C(=O)N[C@@H](CC(C)C)C(=O)N[C@@H](Cc1ccccc1)C(=O)N[C@@H](CCCN=C(N)N)C(=O)N1CCC[C@H]1C(=O)N[C@@H](CCCN=C(N)N)C(=O)N[C@@H](CC(N)=O)C(N)=O. The van der Waals surface area contributed by atoms with Gasteiger partial charge in [-0.15, -0.1) is 0 Å². The number of carbonyl (C=O) groups is 10. The highest BCUT2D eigenvalue weighted by Gasteiger charge is 2.40. The average Bonchev–Trinajstić information content (AvgIpc) is 4.05. The number of fused-ring (bicyclic) bond motifs is 1. The standard InChI is InChI=1S/C57H85N17O10/c1-33(2)28-43(71-53(82)45(31-36-22-23-37-16-7-8-17-38(37)29-36)72-49(78)39(67-34(3)75)18-9-10-24-58)51(80)73-44(30-35-14-5-4-6-15-35)52(81)69-41(20-12-26-66-57(63)64)55(84)74-27-13-21-46(74)54(83)68-40(19-11-25-65-56(61)62)50(79)70-42(48(60)77)32-47(59)76/h4-8,14-17,22-23,29,33,39-46H,9-13,18-21,24-28,30-32,58H2,1-3H3,(H2,59,76)(H2,60,77)(H,67,75)(H,68,83)(H,69,81)(H,70,79)(H,71,82)(H,72,78)(H,73,80)(H4,61,62,65)(H4,63,64,66)/t39-,40-,41-,42-,43-,44-,45-,46-/m0/s1. The summed E-state index contributed by atoms with van der Waals surface area (Å²) in [4.78, 5) is 146. The van der Waals surface area contributed by atoms with Gasteiger partial charge in [0, 0.05) is 39.4 Å². The summed E-state index contributed by atoms with van der Waals surface area (Å²) in [5, 5.41) is 20.9. The van der Waals surface area contributed by atoms with E-state index in [1.807, 2.05) is 56.3 Å². The molecule has 1 aliphatic rings. The van der Waals surface area contributed by atoms with Crippen molar-refractivity contribution in [3.63, 3.8) is 0 Å². The Labute approximate surface area is 489 Å². The molecule has 3 aromatic rings. The summed E-state index contributed by atoms with van der Waals surface area (Å²) in [6.07, 6.45) is 1.46. The number of nitrogens with one attached hydrogen (secondary N) is 7. The number of carbonyl (C=O) groups excluding carboxylic acids is 10. The predicted molar refractivity (Wildman–Crippen MR) is 317 cm³/mol. The quantitative estimate of drug-likeness (QED) is 0.0167. The molecular weight excluding hydrogens is 1080 g/mol. The molecular formula is C57H85N17O10. The molecule has 1 heterocycles. The predicted octanol–water partition coefficient (Wildman–Crippen LogP) is -2.33. The molecule has 1 fully saturated rings. The van der Waals surface area contributed by atoms with Gasteiger partial charge in [0.15, 0.2) is 11.9 Å². The lowest BCUT2D eigenvalue weighted by Crippen LogP contribution is -2.60. The molecule has 8 atom stereocenters. The Morgan fingerprint density at radius 2 is 1.05 bits per heavy atom. The van der Waals surface area contributed by atoms with Crippen LogP contribution in [-0.2, 0) is 60.8 Å². The van der Waals surface area contributed by atoms with Crippen molar-refractivity contribution >= 4 is 81.8 Å². The van der Waals surface area contributed by atoms with Crippen molar-refractivity contribution in [3.8, 4) is 0 Å². The van der Waals surface area contributed by atoms with Crippen LogP contribution in [0, 0.1) is 5.92 Å². The Hall–Kier alpha value is -8.88. The molecule has 0 aliphatic carbocycles. The molecule has 0 aromatic heterocycles. The number of hydrogen-bond acceptors (Lipinski definition) is 13. The highest BCUT2D eigenvalue weighted by Crippen LogP contribution is 2.22. The summed E-state index contributed by atoms with van der Waals surface area (Å²) < 4.78 is 0. The zero-order valence-corrected chi connectivity index (χ0v) is 48.1. The zero-order chi connectivity index (χ0) is 61.9. The van der Waals surface area contributed by atoms with E-state index in [1.54, 1.807) is 30.3 Å². The fourth-order valence-corrected chi connectivity index (χ4v) is 9.67. The summed E-state index contributed by atoms with van der Waals surface area (Å²) in [6, 6.07) is 11.8. The summed E-state index contributed by atoms with van der Waals surface area (Å²) in [7, 11) is 0. The van der Waals surface area contributed by atoms with E-state index in [4.69, 9.17) is 40.1 Å². The first-order valence-electron chi connectivity index (χ1n) is 28.3. The topological polar surface area (TPSA) is 465 Å². The van der Waals surface area contributed by atoms with Gasteiger partial charge >= 0.3 is 0 Å². The van der Waals surface area contributed by atoms with Crippen LogP contribution >= 0.6 is 0 Å². The van der Waals surface area contributed by atoms with Gasteiger partial charge in [0.2, 0.25) is 59.1 Å². The largest absolute Gasteiger partial charge is 0.370 e. The Morgan fingerprint density at radius 1 is 0.548 bits per heavy atom. The van der Waals surface area contributed by atoms with Crippen LogP contribution in [0.5, 0.6) is 0 Å². The first kappa shape index (κ1) is 67.6. The van der Waals surface area contributed by atoms with Gasteiger partial charge in [-0.3, -0.25) is 57.9 Å². The number of nitrogens with two attached hydrogens (primary N) is 7. The number of likely N-dealkylation sites (tertiary alicyclic amines) is 1. The molecule has 0 radical (unpaired) electrons. The number of nitrogens with zero attached hydrogens (tertiary/aromatic N) is 3. The fraction of sp³-hybridized carbons (Fsp3) is 0.509. The molecule has 0 unspecified atom stereocenters. The highest BCUT2D eigenvalue weighted by atomic mass is 16.2. The molecule has 1 aliphatic heterocycles. The number of unbranched alkanes of at least 4 members (excludes halogenated alkanes) is 1. The number of amides is 10. The third kappa shape index (κ3) is 23.2. The Kier molecular flexibility index (Phi) is 27.8. The summed E-state index contributed by atoms with van der Waals surface area (Å²) in [5.74, 6) is -8.21. The minimum absolute atomic E-state index is 0.00239. The maximum atomic E-state index is 14.8. The molecule has 3 aromatic carbocycles. The van der Waals surface area contributed by atoms with Gasteiger partial charge in [0.25, 0.3) is 0 Å². The van der Waals surface area contributed by atoms with E-state index in [9.17, 15) is 47.9 Å². The highest BCUT2D eigenvalue weighted by molar-refractivity contribution is 5.99. The van der Waals surface area contributed by atoms with Crippen LogP contribution in [-0.4, -0.2) is 150 Å². The smallest absolute Gasteiger partial charge is 0.245 e. The molecule has 27 heteroatoms. The van der Waals surface area contributed by atoms with E-state index in [1.165, 1.54) is 11.8 Å². The molecule has 84 heavy (non-hydrogen) atoms. The number of hydrogen-bond donors (Lipinski definition) is 14. The van der Waals surface area contributed by atoms with Gasteiger partial charge in [-0.25, -0.2) is 0 Å². The van der Waals surface area contributed by atoms with Crippen LogP contribution in [0.15, 0.2) is 82.8 Å². The van der Waals surface area contributed by atoms with Crippen molar-refractivity contribution in [2.45, 2.75) is 153 Å². The lowest BCUT2D eigenvalue weighted by atomic mass is 9.98. The molecule has 27 nitrogen and oxygen atoms in total. The molecule has 10 amide bonds. The van der Waals surface area contributed by atoms with E-state index in [2.05, 4.69) is 47.2 Å². The van der Waals surface area contributed by atoms with Gasteiger partial charge in [0.05, 0.1) is 6.42 Å². The number of benzene rings is 3. The lowest BCUT2D eigenvalue weighted by molar-refractivity contribution is -0.142. The third-order valence-corrected chi connectivity index (χ3v) is 13.8. The van der Waals surface area contributed by atoms with Crippen LogP contribution in [0.2, 0.25) is 0 Å². The number of guanidine groups is 2. The lowest BCUT2D eigenvalue weighted by Gasteiger charge is -2.31. The second kappa shape index (κ2) is 34.5. The fourth-order valence-electron chi connectivity index (χ4n) is 9.67. The van der Waals surface area contributed by atoms with Crippen LogP contribution in [0.4, 0.5) is 0 Å². The first-order valence-corrected chi connectivity index (χ1v) is 28.3. The molecule has 0 bridgehead atoms. The van der Waals surface area contributed by atoms with E-state index < -0.39 is 114 Å². The van der Waals surface area contributed by atoms with Gasteiger partial charge in [-0.2, -0.15) is 0 Å². The minimum atomic E-state index is -1.50. The Balaban J connectivity index is 1.66. The van der Waals surface area contributed by atoms with Gasteiger partial charge in [0.1, 0.15) is 48.3 Å². The van der Waals surface area contributed by atoms with Crippen molar-refractivity contribution in [1.82, 2.24) is 42.1 Å². The second-order valence-electron chi connectivity index (χ2n) is 21.3. The van der Waals surface area contributed by atoms with Gasteiger partial charge in [-0.1, -0.05) is 86.6 Å². The van der Waals surface area contributed by atoms with E-state index in [0.29, 0.717) is 36.9 Å². The second-order valence-corrected chi connectivity index (χ2v) is 21.3. The molecule has 4 rings (SSSR count). The van der Waals surface area contributed by atoms with E-state index >= 15 is 0 Å². The minimum Gasteiger partial charge on any atom is -0.370 e. The van der Waals surface area contributed by atoms with Crippen LogP contribution in [0.1, 0.15) is 103 Å². The molecule has 0 saturated carbocycles. The Bertz CT molecular complexity index is 2810. The molecule has 0 spiro atoms.